The zero-order valence-corrected chi connectivity index (χ0v) is 16.4. The average Bonchev–Trinajstić information content (AvgIpc) is 3.03. The molecule has 1 aliphatic rings. The van der Waals surface area contributed by atoms with E-state index in [1.54, 1.807) is 63.4 Å². The van der Waals surface area contributed by atoms with Crippen molar-refractivity contribution < 1.29 is 17.9 Å². The van der Waals surface area contributed by atoms with Gasteiger partial charge in [0.15, 0.2) is 0 Å². The first-order chi connectivity index (χ1) is 12.7. The maximum absolute atomic E-state index is 12.8. The standard InChI is InChI=1S/C20H22N2O4S/c1-20(2,3)26-18(23)10-9-15-13-16-11-12-22(19(16)21-14-15)27(24,25)17-7-5-4-6-8-17/h4-10,13-14H,11-12H2,1-3H3/b10-9+. The summed E-state index contributed by atoms with van der Waals surface area (Å²) in [5.41, 5.74) is 1.00. The summed E-state index contributed by atoms with van der Waals surface area (Å²) in [5.74, 6) is 0.00421. The number of nitrogens with zero attached hydrogens (tertiary/aromatic N) is 2. The van der Waals surface area contributed by atoms with E-state index in [4.69, 9.17) is 4.74 Å². The van der Waals surface area contributed by atoms with Crippen LogP contribution in [-0.4, -0.2) is 31.5 Å². The predicted molar refractivity (Wildman–Crippen MR) is 104 cm³/mol. The molecule has 0 unspecified atom stereocenters. The molecule has 0 aliphatic carbocycles. The predicted octanol–water partition coefficient (Wildman–Crippen LogP) is 3.19. The Morgan fingerprint density at radius 2 is 1.93 bits per heavy atom. The van der Waals surface area contributed by atoms with Gasteiger partial charge in [-0.2, -0.15) is 0 Å². The van der Waals surface area contributed by atoms with Crippen molar-refractivity contribution in [2.24, 2.45) is 0 Å². The molecule has 2 aromatic rings. The van der Waals surface area contributed by atoms with Crippen molar-refractivity contribution in [3.8, 4) is 0 Å². The topological polar surface area (TPSA) is 76.6 Å². The monoisotopic (exact) mass is 386 g/mol. The van der Waals surface area contributed by atoms with Crippen LogP contribution in [0.4, 0.5) is 5.82 Å². The van der Waals surface area contributed by atoms with Crippen molar-refractivity contribution in [1.29, 1.82) is 0 Å². The lowest BCUT2D eigenvalue weighted by atomic mass is 10.1. The second-order valence-corrected chi connectivity index (χ2v) is 9.12. The van der Waals surface area contributed by atoms with Gasteiger partial charge in [-0.15, -0.1) is 0 Å². The first-order valence-corrected chi connectivity index (χ1v) is 10.1. The maximum Gasteiger partial charge on any atom is 0.331 e. The minimum Gasteiger partial charge on any atom is -0.457 e. The summed E-state index contributed by atoms with van der Waals surface area (Å²) in [5, 5.41) is 0. The zero-order chi connectivity index (χ0) is 19.7. The molecule has 0 saturated heterocycles. The molecule has 3 rings (SSSR count). The minimum atomic E-state index is -3.63. The van der Waals surface area contributed by atoms with E-state index in [9.17, 15) is 13.2 Å². The molecule has 1 aliphatic heterocycles. The fourth-order valence-electron chi connectivity index (χ4n) is 2.80. The second kappa shape index (κ2) is 7.15. The molecular formula is C20H22N2O4S. The Morgan fingerprint density at radius 1 is 1.22 bits per heavy atom. The van der Waals surface area contributed by atoms with Gasteiger partial charge >= 0.3 is 5.97 Å². The van der Waals surface area contributed by atoms with Crippen molar-refractivity contribution in [3.05, 3.63) is 59.8 Å². The number of carbonyl (C=O) groups excluding carboxylic acids is 1. The lowest BCUT2D eigenvalue weighted by molar-refractivity contribution is -0.148. The summed E-state index contributed by atoms with van der Waals surface area (Å²) in [6.45, 7) is 5.76. The molecule has 0 spiro atoms. The van der Waals surface area contributed by atoms with Crippen LogP contribution < -0.4 is 4.31 Å². The van der Waals surface area contributed by atoms with Crippen LogP contribution >= 0.6 is 0 Å². The second-order valence-electron chi connectivity index (χ2n) is 7.26. The van der Waals surface area contributed by atoms with E-state index in [1.165, 1.54) is 10.4 Å². The lowest BCUT2D eigenvalue weighted by Crippen LogP contribution is -2.29. The third-order valence-electron chi connectivity index (χ3n) is 3.93. The zero-order valence-electron chi connectivity index (χ0n) is 15.5. The van der Waals surface area contributed by atoms with Gasteiger partial charge < -0.3 is 4.74 Å². The number of rotatable bonds is 4. The molecule has 1 aromatic heterocycles. The Bertz CT molecular complexity index is 977. The van der Waals surface area contributed by atoms with Crippen molar-refractivity contribution in [2.75, 3.05) is 10.8 Å². The number of pyridine rings is 1. The van der Waals surface area contributed by atoms with E-state index in [2.05, 4.69) is 4.98 Å². The van der Waals surface area contributed by atoms with Crippen LogP contribution in [-0.2, 0) is 26.0 Å². The van der Waals surface area contributed by atoms with Crippen LogP contribution in [0.5, 0.6) is 0 Å². The summed E-state index contributed by atoms with van der Waals surface area (Å²) in [6, 6.07) is 10.2. The van der Waals surface area contributed by atoms with Gasteiger partial charge in [-0.1, -0.05) is 18.2 Å². The third-order valence-corrected chi connectivity index (χ3v) is 5.74. The number of ether oxygens (including phenoxy) is 1. The van der Waals surface area contributed by atoms with E-state index >= 15 is 0 Å². The number of anilines is 1. The first kappa shape index (κ1) is 19.1. The van der Waals surface area contributed by atoms with Gasteiger partial charge in [0.1, 0.15) is 11.4 Å². The molecule has 7 heteroatoms. The lowest BCUT2D eigenvalue weighted by Gasteiger charge is -2.18. The van der Waals surface area contributed by atoms with Crippen LogP contribution in [0, 0.1) is 0 Å². The molecule has 2 heterocycles. The van der Waals surface area contributed by atoms with Gasteiger partial charge in [0.25, 0.3) is 10.0 Å². The highest BCUT2D eigenvalue weighted by molar-refractivity contribution is 7.92. The van der Waals surface area contributed by atoms with Gasteiger partial charge in [0.05, 0.1) is 4.90 Å². The highest BCUT2D eigenvalue weighted by Gasteiger charge is 2.32. The highest BCUT2D eigenvalue weighted by Crippen LogP contribution is 2.31. The number of sulfonamides is 1. The molecule has 6 nitrogen and oxygen atoms in total. The Hall–Kier alpha value is -2.67. The number of aromatic nitrogens is 1. The number of esters is 1. The number of carbonyl (C=O) groups is 1. The summed E-state index contributed by atoms with van der Waals surface area (Å²) >= 11 is 0. The Balaban J connectivity index is 1.81. The summed E-state index contributed by atoms with van der Waals surface area (Å²) in [4.78, 5) is 16.4. The van der Waals surface area contributed by atoms with E-state index in [0.29, 0.717) is 18.8 Å². The number of hydrogen-bond acceptors (Lipinski definition) is 5. The van der Waals surface area contributed by atoms with Crippen LogP contribution in [0.3, 0.4) is 0 Å². The summed E-state index contributed by atoms with van der Waals surface area (Å²) < 4.78 is 32.2. The van der Waals surface area contributed by atoms with Gasteiger partial charge in [-0.05, 0) is 62.6 Å². The Morgan fingerprint density at radius 3 is 2.59 bits per heavy atom. The number of fused-ring (bicyclic) bond motifs is 1. The fraction of sp³-hybridized carbons (Fsp3) is 0.300. The fourth-order valence-corrected chi connectivity index (χ4v) is 4.28. The summed E-state index contributed by atoms with van der Waals surface area (Å²) in [6.07, 6.45) is 5.10. The van der Waals surface area contributed by atoms with Crippen molar-refractivity contribution in [2.45, 2.75) is 37.7 Å². The van der Waals surface area contributed by atoms with Crippen LogP contribution in [0.25, 0.3) is 6.08 Å². The minimum absolute atomic E-state index is 0.244. The molecule has 0 amide bonds. The van der Waals surface area contributed by atoms with Gasteiger partial charge in [-0.25, -0.2) is 22.5 Å². The third kappa shape index (κ3) is 4.36. The van der Waals surface area contributed by atoms with Crippen LogP contribution in [0.1, 0.15) is 31.9 Å². The molecule has 1 aromatic carbocycles. The van der Waals surface area contributed by atoms with Gasteiger partial charge in [0, 0.05) is 18.8 Å². The van der Waals surface area contributed by atoms with Crippen molar-refractivity contribution >= 4 is 27.9 Å². The normalized spacial score (nSPS) is 14.4. The number of benzene rings is 1. The highest BCUT2D eigenvalue weighted by atomic mass is 32.2. The number of hydrogen-bond donors (Lipinski definition) is 0. The van der Waals surface area contributed by atoms with E-state index in [0.717, 1.165) is 11.1 Å². The molecule has 142 valence electrons. The molecular weight excluding hydrogens is 364 g/mol. The smallest absolute Gasteiger partial charge is 0.331 e. The molecule has 0 atom stereocenters. The van der Waals surface area contributed by atoms with Gasteiger partial charge in [0.2, 0.25) is 0 Å². The Labute approximate surface area is 159 Å². The van der Waals surface area contributed by atoms with E-state index < -0.39 is 21.6 Å². The van der Waals surface area contributed by atoms with Gasteiger partial charge in [-0.3, -0.25) is 0 Å². The molecule has 27 heavy (non-hydrogen) atoms. The quantitative estimate of drug-likeness (QED) is 0.596. The summed E-state index contributed by atoms with van der Waals surface area (Å²) in [7, 11) is -3.63. The molecule has 0 saturated carbocycles. The Kier molecular flexibility index (Phi) is 5.06. The molecule has 0 radical (unpaired) electrons. The largest absolute Gasteiger partial charge is 0.457 e. The first-order valence-electron chi connectivity index (χ1n) is 8.64. The van der Waals surface area contributed by atoms with Crippen LogP contribution in [0.15, 0.2) is 53.6 Å². The van der Waals surface area contributed by atoms with Crippen molar-refractivity contribution in [1.82, 2.24) is 4.98 Å². The van der Waals surface area contributed by atoms with Crippen molar-refractivity contribution in [3.63, 3.8) is 0 Å². The molecule has 0 N–H and O–H groups in total. The SMILES string of the molecule is CC(C)(C)OC(=O)/C=C/c1cnc2c(c1)CCN2S(=O)(=O)c1ccccc1. The van der Waals surface area contributed by atoms with E-state index in [-0.39, 0.29) is 4.90 Å². The molecule has 0 fully saturated rings. The average molecular weight is 386 g/mol. The van der Waals surface area contributed by atoms with Crippen LogP contribution in [0.2, 0.25) is 0 Å². The van der Waals surface area contributed by atoms with E-state index in [1.807, 2.05) is 6.07 Å². The maximum atomic E-state index is 12.8. The molecule has 0 bridgehead atoms.